The van der Waals surface area contributed by atoms with Crippen LogP contribution in [0.15, 0.2) is 47.6 Å². The van der Waals surface area contributed by atoms with Gasteiger partial charge in [-0.25, -0.2) is 5.43 Å². The van der Waals surface area contributed by atoms with Crippen LogP contribution < -0.4 is 14.9 Å². The molecule has 1 heterocycles. The quantitative estimate of drug-likeness (QED) is 0.529. The lowest BCUT2D eigenvalue weighted by Crippen LogP contribution is -2.20. The number of rotatable bonds is 6. The zero-order chi connectivity index (χ0) is 18.5. The number of ether oxygens (including phenoxy) is 2. The normalized spacial score (nSPS) is 11.0. The summed E-state index contributed by atoms with van der Waals surface area (Å²) in [5.41, 5.74) is 6.33. The Kier molecular flexibility index (Phi) is 5.22. The summed E-state index contributed by atoms with van der Waals surface area (Å²) >= 11 is 0. The molecule has 0 aliphatic heterocycles. The number of amides is 1. The summed E-state index contributed by atoms with van der Waals surface area (Å²) in [4.78, 5) is 15.6. The molecule has 0 spiro atoms. The molecule has 0 saturated carbocycles. The summed E-state index contributed by atoms with van der Waals surface area (Å²) in [7, 11) is 3.24. The number of hydrogen-bond donors (Lipinski definition) is 2. The molecular formula is C20H21N3O3. The first kappa shape index (κ1) is 17.5. The van der Waals surface area contributed by atoms with E-state index in [0.717, 1.165) is 39.2 Å². The van der Waals surface area contributed by atoms with Gasteiger partial charge in [-0.3, -0.25) is 4.79 Å². The lowest BCUT2D eigenvalue weighted by Gasteiger charge is -2.03. The minimum Gasteiger partial charge on any atom is -0.497 e. The van der Waals surface area contributed by atoms with E-state index in [9.17, 15) is 4.79 Å². The molecule has 6 heteroatoms. The molecule has 0 aliphatic rings. The number of methoxy groups -OCH3 is 2. The van der Waals surface area contributed by atoms with Gasteiger partial charge in [0, 0.05) is 16.6 Å². The van der Waals surface area contributed by atoms with Gasteiger partial charge < -0.3 is 14.5 Å². The fourth-order valence-corrected chi connectivity index (χ4v) is 2.79. The molecule has 0 atom stereocenters. The van der Waals surface area contributed by atoms with E-state index in [2.05, 4.69) is 15.5 Å². The van der Waals surface area contributed by atoms with Gasteiger partial charge in [0.25, 0.3) is 0 Å². The van der Waals surface area contributed by atoms with Gasteiger partial charge in [-0.1, -0.05) is 0 Å². The van der Waals surface area contributed by atoms with E-state index in [4.69, 9.17) is 9.47 Å². The Hall–Kier alpha value is -3.28. The zero-order valence-electron chi connectivity index (χ0n) is 15.0. The predicted molar refractivity (Wildman–Crippen MR) is 102 cm³/mol. The predicted octanol–water partition coefficient (Wildman–Crippen LogP) is 3.19. The number of hydrogen-bond acceptors (Lipinski definition) is 4. The van der Waals surface area contributed by atoms with Crippen LogP contribution in [0.4, 0.5) is 0 Å². The van der Waals surface area contributed by atoms with Gasteiger partial charge in [-0.2, -0.15) is 5.10 Å². The van der Waals surface area contributed by atoms with Crippen LogP contribution in [0.2, 0.25) is 0 Å². The van der Waals surface area contributed by atoms with E-state index in [1.807, 2.05) is 49.4 Å². The van der Waals surface area contributed by atoms with Crippen molar-refractivity contribution in [2.45, 2.75) is 13.3 Å². The van der Waals surface area contributed by atoms with E-state index in [-0.39, 0.29) is 12.3 Å². The van der Waals surface area contributed by atoms with E-state index in [0.29, 0.717) is 0 Å². The minimum absolute atomic E-state index is 0.179. The third-order valence-corrected chi connectivity index (χ3v) is 4.18. The fourth-order valence-electron chi connectivity index (χ4n) is 2.79. The summed E-state index contributed by atoms with van der Waals surface area (Å²) < 4.78 is 10.4. The number of carbonyl (C=O) groups is 1. The molecule has 26 heavy (non-hydrogen) atoms. The number of aryl methyl sites for hydroxylation is 1. The van der Waals surface area contributed by atoms with Crippen molar-refractivity contribution in [3.05, 3.63) is 59.3 Å². The van der Waals surface area contributed by atoms with Gasteiger partial charge >= 0.3 is 0 Å². The molecule has 0 fully saturated rings. The Bertz CT molecular complexity index is 943. The highest BCUT2D eigenvalue weighted by atomic mass is 16.5. The van der Waals surface area contributed by atoms with Crippen LogP contribution in [0.3, 0.4) is 0 Å². The Morgan fingerprint density at radius 1 is 1.12 bits per heavy atom. The molecule has 0 bridgehead atoms. The highest BCUT2D eigenvalue weighted by Crippen LogP contribution is 2.26. The van der Waals surface area contributed by atoms with Gasteiger partial charge in [-0.15, -0.1) is 0 Å². The fraction of sp³-hybridized carbons (Fsp3) is 0.200. The molecule has 0 radical (unpaired) electrons. The average Bonchev–Trinajstić information content (AvgIpc) is 2.97. The number of hydrazone groups is 1. The molecule has 2 aromatic carbocycles. The average molecular weight is 351 g/mol. The molecular weight excluding hydrogens is 330 g/mol. The Labute approximate surface area is 151 Å². The van der Waals surface area contributed by atoms with Crippen LogP contribution in [0.5, 0.6) is 11.5 Å². The summed E-state index contributed by atoms with van der Waals surface area (Å²) in [5, 5.41) is 5.00. The first-order chi connectivity index (χ1) is 12.6. The van der Waals surface area contributed by atoms with Crippen molar-refractivity contribution in [3.8, 4) is 11.5 Å². The van der Waals surface area contributed by atoms with E-state index >= 15 is 0 Å². The molecule has 1 amide bonds. The van der Waals surface area contributed by atoms with Crippen molar-refractivity contribution in [2.24, 2.45) is 5.10 Å². The standard InChI is InChI=1S/C20H21N3O3/c1-13-17(18-10-16(26-3)8-9-19(18)22-13)11-20(24)23-21-12-14-4-6-15(25-2)7-5-14/h4-10,12,22H,11H2,1-3H3,(H,23,24)/b21-12+. The lowest BCUT2D eigenvalue weighted by atomic mass is 10.1. The Balaban J connectivity index is 1.68. The number of nitrogens with zero attached hydrogens (tertiary/aromatic N) is 1. The molecule has 6 nitrogen and oxygen atoms in total. The summed E-state index contributed by atoms with van der Waals surface area (Å²) in [6, 6.07) is 13.2. The van der Waals surface area contributed by atoms with Crippen molar-refractivity contribution in [3.63, 3.8) is 0 Å². The highest BCUT2D eigenvalue weighted by Gasteiger charge is 2.13. The molecule has 0 saturated heterocycles. The maximum Gasteiger partial charge on any atom is 0.244 e. The van der Waals surface area contributed by atoms with Gasteiger partial charge in [-0.05, 0) is 60.5 Å². The number of carbonyl (C=O) groups excluding carboxylic acids is 1. The molecule has 3 rings (SSSR count). The van der Waals surface area contributed by atoms with Crippen molar-refractivity contribution < 1.29 is 14.3 Å². The van der Waals surface area contributed by atoms with E-state index in [1.165, 1.54) is 0 Å². The molecule has 3 aromatic rings. The van der Waals surface area contributed by atoms with Crippen LogP contribution in [-0.2, 0) is 11.2 Å². The molecule has 0 aliphatic carbocycles. The van der Waals surface area contributed by atoms with E-state index in [1.54, 1.807) is 20.4 Å². The number of aromatic amines is 1. The second kappa shape index (κ2) is 7.74. The monoisotopic (exact) mass is 351 g/mol. The largest absolute Gasteiger partial charge is 0.497 e. The van der Waals surface area contributed by atoms with E-state index < -0.39 is 0 Å². The zero-order valence-corrected chi connectivity index (χ0v) is 15.0. The maximum absolute atomic E-state index is 12.3. The minimum atomic E-state index is -0.179. The van der Waals surface area contributed by atoms with Gasteiger partial charge in [0.2, 0.25) is 5.91 Å². The van der Waals surface area contributed by atoms with Gasteiger partial charge in [0.15, 0.2) is 0 Å². The van der Waals surface area contributed by atoms with Crippen molar-refractivity contribution >= 4 is 23.0 Å². The summed E-state index contributed by atoms with van der Waals surface area (Å²) in [6.45, 7) is 1.95. The van der Waals surface area contributed by atoms with Gasteiger partial charge in [0.1, 0.15) is 11.5 Å². The van der Waals surface area contributed by atoms with Gasteiger partial charge in [0.05, 0.1) is 26.9 Å². The SMILES string of the molecule is COc1ccc(/C=N/NC(=O)Cc2c(C)[nH]c3ccc(OC)cc23)cc1. The smallest absolute Gasteiger partial charge is 0.244 e. The van der Waals surface area contributed by atoms with Crippen molar-refractivity contribution in [2.75, 3.05) is 14.2 Å². The van der Waals surface area contributed by atoms with Crippen molar-refractivity contribution in [1.29, 1.82) is 0 Å². The molecule has 1 aromatic heterocycles. The second-order valence-corrected chi connectivity index (χ2v) is 5.88. The third-order valence-electron chi connectivity index (χ3n) is 4.18. The number of fused-ring (bicyclic) bond motifs is 1. The maximum atomic E-state index is 12.3. The summed E-state index contributed by atoms with van der Waals surface area (Å²) in [6.07, 6.45) is 1.83. The Morgan fingerprint density at radius 2 is 1.81 bits per heavy atom. The van der Waals surface area contributed by atoms with Crippen LogP contribution >= 0.6 is 0 Å². The number of aromatic nitrogens is 1. The number of nitrogens with one attached hydrogen (secondary N) is 2. The highest BCUT2D eigenvalue weighted by molar-refractivity contribution is 5.91. The van der Waals surface area contributed by atoms with Crippen molar-refractivity contribution in [1.82, 2.24) is 10.4 Å². The lowest BCUT2D eigenvalue weighted by molar-refractivity contribution is -0.120. The first-order valence-electron chi connectivity index (χ1n) is 8.22. The Morgan fingerprint density at radius 3 is 2.50 bits per heavy atom. The number of benzene rings is 2. The molecule has 0 unspecified atom stereocenters. The first-order valence-corrected chi connectivity index (χ1v) is 8.22. The molecule has 2 N–H and O–H groups in total. The molecule has 134 valence electrons. The van der Waals surface area contributed by atoms with Crippen LogP contribution in [-0.4, -0.2) is 31.3 Å². The number of H-pyrrole nitrogens is 1. The summed E-state index contributed by atoms with van der Waals surface area (Å²) in [5.74, 6) is 1.36. The van der Waals surface area contributed by atoms with Crippen LogP contribution in [0.25, 0.3) is 10.9 Å². The third kappa shape index (κ3) is 3.85. The van der Waals surface area contributed by atoms with Crippen LogP contribution in [0, 0.1) is 6.92 Å². The van der Waals surface area contributed by atoms with Crippen LogP contribution in [0.1, 0.15) is 16.8 Å². The topological polar surface area (TPSA) is 75.7 Å². The second-order valence-electron chi connectivity index (χ2n) is 5.88.